The van der Waals surface area contributed by atoms with E-state index in [1.54, 1.807) is 0 Å². The summed E-state index contributed by atoms with van der Waals surface area (Å²) in [5.41, 5.74) is -0.217. The summed E-state index contributed by atoms with van der Waals surface area (Å²) in [5, 5.41) is 9.39. The molecular weight excluding hydrogens is 187 g/mol. The number of aliphatic hydroxyl groups is 1. The van der Waals surface area contributed by atoms with Gasteiger partial charge in [-0.2, -0.15) is 0 Å². The first-order valence-corrected chi connectivity index (χ1v) is 3.90. The number of ketones is 1. The average molecular weight is 197 g/mol. The van der Waals surface area contributed by atoms with Crippen LogP contribution in [0.2, 0.25) is 0 Å². The van der Waals surface area contributed by atoms with Crippen LogP contribution in [0.1, 0.15) is 20.3 Å². The van der Waals surface area contributed by atoms with Crippen molar-refractivity contribution >= 4 is 29.0 Å². The average Bonchev–Trinajstić information content (AvgIpc) is 1.85. The van der Waals surface area contributed by atoms with Crippen molar-refractivity contribution in [2.24, 2.45) is 0 Å². The number of rotatable bonds is 3. The molecule has 0 atom stereocenters. The lowest BCUT2D eigenvalue weighted by atomic mass is 10.0. The van der Waals surface area contributed by atoms with Crippen molar-refractivity contribution in [3.63, 3.8) is 0 Å². The number of carbonyl (C=O) groups is 1. The second-order valence-corrected chi connectivity index (χ2v) is 3.42. The Morgan fingerprint density at radius 3 is 2.36 bits per heavy atom. The molecule has 0 amide bonds. The largest absolute Gasteiger partial charge is 0.383 e. The maximum Gasteiger partial charge on any atom is 0.169 e. The molecule has 0 saturated heterocycles. The Labute approximate surface area is 75.8 Å². The smallest absolute Gasteiger partial charge is 0.169 e. The standard InChI is InChI=1S/C7H10Cl2O2/c1-7(2,11)6(10)3-5(9)4-8/h4,11H,3H2,1-2H3/b5-4-. The van der Waals surface area contributed by atoms with Crippen LogP contribution in [-0.4, -0.2) is 16.5 Å². The molecule has 0 aromatic rings. The molecule has 0 aromatic carbocycles. The van der Waals surface area contributed by atoms with Gasteiger partial charge in [-0.1, -0.05) is 23.2 Å². The van der Waals surface area contributed by atoms with Gasteiger partial charge in [0, 0.05) is 17.0 Å². The van der Waals surface area contributed by atoms with Crippen molar-refractivity contribution in [2.45, 2.75) is 25.9 Å². The predicted molar refractivity (Wildman–Crippen MR) is 45.7 cm³/mol. The summed E-state index contributed by atoms with van der Waals surface area (Å²) in [5.74, 6) is -0.348. The summed E-state index contributed by atoms with van der Waals surface area (Å²) >= 11 is 10.7. The molecule has 11 heavy (non-hydrogen) atoms. The van der Waals surface area contributed by atoms with E-state index in [2.05, 4.69) is 0 Å². The van der Waals surface area contributed by atoms with Crippen LogP contribution in [0.3, 0.4) is 0 Å². The zero-order valence-electron chi connectivity index (χ0n) is 6.40. The molecule has 4 heteroatoms. The van der Waals surface area contributed by atoms with Crippen LogP contribution in [0.5, 0.6) is 0 Å². The third kappa shape index (κ3) is 4.40. The second kappa shape index (κ2) is 4.10. The van der Waals surface area contributed by atoms with Crippen LogP contribution < -0.4 is 0 Å². The van der Waals surface area contributed by atoms with Gasteiger partial charge in [-0.15, -0.1) is 0 Å². The third-order valence-electron chi connectivity index (χ3n) is 1.13. The first-order chi connectivity index (χ1) is 4.88. The molecule has 0 unspecified atom stereocenters. The molecule has 0 bridgehead atoms. The minimum absolute atomic E-state index is 0.0193. The van der Waals surface area contributed by atoms with Crippen LogP contribution in [-0.2, 0) is 4.79 Å². The molecule has 0 spiro atoms. The van der Waals surface area contributed by atoms with Gasteiger partial charge >= 0.3 is 0 Å². The Morgan fingerprint density at radius 1 is 1.64 bits per heavy atom. The van der Waals surface area contributed by atoms with E-state index in [1.807, 2.05) is 0 Å². The van der Waals surface area contributed by atoms with E-state index < -0.39 is 5.60 Å². The molecule has 0 rings (SSSR count). The van der Waals surface area contributed by atoms with Gasteiger partial charge in [0.2, 0.25) is 0 Å². The molecule has 0 radical (unpaired) electrons. The molecule has 2 nitrogen and oxygen atoms in total. The predicted octanol–water partition coefficient (Wildman–Crippen LogP) is 2.04. The number of halogens is 2. The van der Waals surface area contributed by atoms with E-state index in [1.165, 1.54) is 13.8 Å². The van der Waals surface area contributed by atoms with Gasteiger partial charge in [-0.05, 0) is 13.8 Å². The Hall–Kier alpha value is -0.0500. The summed E-state index contributed by atoms with van der Waals surface area (Å²) in [6.45, 7) is 2.82. The first kappa shape index (κ1) is 11.0. The van der Waals surface area contributed by atoms with Crippen LogP contribution in [0.25, 0.3) is 0 Å². The highest BCUT2D eigenvalue weighted by molar-refractivity contribution is 6.37. The number of allylic oxidation sites excluding steroid dienone is 1. The van der Waals surface area contributed by atoms with Crippen molar-refractivity contribution in [1.82, 2.24) is 0 Å². The molecule has 0 fully saturated rings. The van der Waals surface area contributed by atoms with Crippen molar-refractivity contribution in [1.29, 1.82) is 0 Å². The minimum Gasteiger partial charge on any atom is -0.383 e. The normalized spacial score (nSPS) is 13.4. The maximum atomic E-state index is 11.0. The lowest BCUT2D eigenvalue weighted by molar-refractivity contribution is -0.133. The van der Waals surface area contributed by atoms with Gasteiger partial charge < -0.3 is 5.11 Å². The van der Waals surface area contributed by atoms with E-state index in [4.69, 9.17) is 28.3 Å². The first-order valence-electron chi connectivity index (χ1n) is 3.08. The second-order valence-electron chi connectivity index (χ2n) is 2.71. The third-order valence-corrected chi connectivity index (χ3v) is 1.75. The molecule has 0 saturated carbocycles. The van der Waals surface area contributed by atoms with Crippen molar-refractivity contribution in [3.8, 4) is 0 Å². The molecule has 0 aliphatic heterocycles. The highest BCUT2D eigenvalue weighted by Gasteiger charge is 2.23. The van der Waals surface area contributed by atoms with Gasteiger partial charge in [-0.25, -0.2) is 0 Å². The fourth-order valence-electron chi connectivity index (χ4n) is 0.408. The topological polar surface area (TPSA) is 37.3 Å². The molecule has 0 aromatic heterocycles. The Kier molecular flexibility index (Phi) is 4.08. The van der Waals surface area contributed by atoms with E-state index in [0.717, 1.165) is 5.54 Å². The number of hydrogen-bond acceptors (Lipinski definition) is 2. The van der Waals surface area contributed by atoms with Gasteiger partial charge in [-0.3, -0.25) is 4.79 Å². The van der Waals surface area contributed by atoms with E-state index >= 15 is 0 Å². The summed E-state index contributed by atoms with van der Waals surface area (Å²) in [6.07, 6.45) is -0.0193. The number of hydrogen-bond donors (Lipinski definition) is 1. The van der Waals surface area contributed by atoms with Gasteiger partial charge in [0.05, 0.1) is 0 Å². The van der Waals surface area contributed by atoms with E-state index in [-0.39, 0.29) is 17.2 Å². The van der Waals surface area contributed by atoms with Crippen molar-refractivity contribution in [3.05, 3.63) is 10.6 Å². The van der Waals surface area contributed by atoms with Crippen LogP contribution in [0.15, 0.2) is 10.6 Å². The Morgan fingerprint density at radius 2 is 2.09 bits per heavy atom. The molecule has 0 aliphatic rings. The summed E-state index contributed by atoms with van der Waals surface area (Å²) in [4.78, 5) is 11.0. The molecule has 0 heterocycles. The zero-order chi connectivity index (χ0) is 9.07. The highest BCUT2D eigenvalue weighted by atomic mass is 35.5. The molecule has 1 N–H and O–H groups in total. The molecular formula is C7H10Cl2O2. The van der Waals surface area contributed by atoms with Gasteiger partial charge in [0.15, 0.2) is 5.78 Å². The van der Waals surface area contributed by atoms with Crippen molar-refractivity contribution in [2.75, 3.05) is 0 Å². The van der Waals surface area contributed by atoms with Gasteiger partial charge in [0.1, 0.15) is 5.60 Å². The number of Topliss-reactive ketones (excluding diaryl/α,β-unsaturated/α-hetero) is 1. The minimum atomic E-state index is -1.33. The Balaban J connectivity index is 4.10. The van der Waals surface area contributed by atoms with E-state index in [9.17, 15) is 4.79 Å². The monoisotopic (exact) mass is 196 g/mol. The summed E-state index contributed by atoms with van der Waals surface area (Å²) in [6, 6.07) is 0. The Bertz CT molecular complexity index is 179. The van der Waals surface area contributed by atoms with Crippen LogP contribution in [0, 0.1) is 0 Å². The van der Waals surface area contributed by atoms with Gasteiger partial charge in [0.25, 0.3) is 0 Å². The summed E-state index contributed by atoms with van der Waals surface area (Å²) in [7, 11) is 0. The maximum absolute atomic E-state index is 11.0. The highest BCUT2D eigenvalue weighted by Crippen LogP contribution is 2.14. The molecule has 64 valence electrons. The lowest BCUT2D eigenvalue weighted by Crippen LogP contribution is -2.30. The number of carbonyl (C=O) groups excluding carboxylic acids is 1. The van der Waals surface area contributed by atoms with Crippen LogP contribution in [0.4, 0.5) is 0 Å². The fraction of sp³-hybridized carbons (Fsp3) is 0.571. The fourth-order valence-corrected chi connectivity index (χ4v) is 0.607. The van der Waals surface area contributed by atoms with Crippen LogP contribution >= 0.6 is 23.2 Å². The summed E-state index contributed by atoms with van der Waals surface area (Å²) < 4.78 is 0. The SMILES string of the molecule is CC(C)(O)C(=O)C/C(Cl)=C/Cl. The van der Waals surface area contributed by atoms with E-state index in [0.29, 0.717) is 0 Å². The molecule has 0 aliphatic carbocycles. The zero-order valence-corrected chi connectivity index (χ0v) is 7.91. The lowest BCUT2D eigenvalue weighted by Gasteiger charge is -2.14. The van der Waals surface area contributed by atoms with Crippen molar-refractivity contribution < 1.29 is 9.90 Å². The quantitative estimate of drug-likeness (QED) is 0.751.